The van der Waals surface area contributed by atoms with Gasteiger partial charge in [0, 0.05) is 50.3 Å². The summed E-state index contributed by atoms with van der Waals surface area (Å²) in [7, 11) is 0. The molecular weight excluding hydrogens is 362 g/mol. The van der Waals surface area contributed by atoms with Crippen LogP contribution in [0, 0.1) is 0 Å². The Morgan fingerprint density at radius 2 is 1.59 bits per heavy atom. The first-order chi connectivity index (χ1) is 14.3. The van der Waals surface area contributed by atoms with Crippen molar-refractivity contribution in [2.45, 2.75) is 6.92 Å². The fourth-order valence-electron chi connectivity index (χ4n) is 3.61. The summed E-state index contributed by atoms with van der Waals surface area (Å²) in [5, 5.41) is 0. The lowest BCUT2D eigenvalue weighted by molar-refractivity contribution is 0.0740. The van der Waals surface area contributed by atoms with Crippen molar-refractivity contribution in [1.82, 2.24) is 14.9 Å². The molecule has 1 aromatic heterocycles. The molecule has 4 rings (SSSR count). The number of carbonyl (C=O) groups excluding carboxylic acids is 1. The summed E-state index contributed by atoms with van der Waals surface area (Å²) in [5.41, 5.74) is 2.65. The van der Waals surface area contributed by atoms with Crippen molar-refractivity contribution < 1.29 is 4.79 Å². The largest absolute Gasteiger partial charge is 0.368 e. The van der Waals surface area contributed by atoms with Gasteiger partial charge in [-0.3, -0.25) is 4.79 Å². The number of para-hydroxylation sites is 2. The molecule has 0 bridgehead atoms. The van der Waals surface area contributed by atoms with Gasteiger partial charge in [0.05, 0.1) is 0 Å². The van der Waals surface area contributed by atoms with Gasteiger partial charge in [0.2, 0.25) is 5.95 Å². The van der Waals surface area contributed by atoms with Crippen molar-refractivity contribution in [3.8, 4) is 0 Å². The van der Waals surface area contributed by atoms with Crippen LogP contribution in [0.3, 0.4) is 0 Å². The Balaban J connectivity index is 1.46. The van der Waals surface area contributed by atoms with Gasteiger partial charge < -0.3 is 14.7 Å². The summed E-state index contributed by atoms with van der Waals surface area (Å²) in [6.07, 6.45) is 1.67. The van der Waals surface area contributed by atoms with Gasteiger partial charge in [-0.05, 0) is 37.3 Å². The van der Waals surface area contributed by atoms with Crippen LogP contribution in [0.5, 0.6) is 0 Å². The van der Waals surface area contributed by atoms with E-state index >= 15 is 0 Å². The highest BCUT2D eigenvalue weighted by Crippen LogP contribution is 2.22. The van der Waals surface area contributed by atoms with Gasteiger partial charge in [0.25, 0.3) is 5.91 Å². The minimum absolute atomic E-state index is 0.0366. The Hall–Kier alpha value is -3.41. The molecular formula is C23H25N5O. The highest BCUT2D eigenvalue weighted by Gasteiger charge is 2.24. The fraction of sp³-hybridized carbons (Fsp3) is 0.261. The maximum atomic E-state index is 13.0. The Labute approximate surface area is 171 Å². The van der Waals surface area contributed by atoms with Crippen LogP contribution in [0.25, 0.3) is 0 Å². The number of benzene rings is 2. The zero-order valence-corrected chi connectivity index (χ0v) is 16.6. The summed E-state index contributed by atoms with van der Waals surface area (Å²) in [5.74, 6) is 0.512. The van der Waals surface area contributed by atoms with Crippen molar-refractivity contribution in [2.24, 2.45) is 0 Å². The number of rotatable bonds is 5. The van der Waals surface area contributed by atoms with Crippen LogP contribution in [0.4, 0.5) is 17.3 Å². The third-order valence-electron chi connectivity index (χ3n) is 5.18. The van der Waals surface area contributed by atoms with Crippen LogP contribution in [0.1, 0.15) is 17.4 Å². The van der Waals surface area contributed by atoms with E-state index in [1.54, 1.807) is 12.3 Å². The van der Waals surface area contributed by atoms with Crippen molar-refractivity contribution in [1.29, 1.82) is 0 Å². The molecule has 0 aliphatic carbocycles. The van der Waals surface area contributed by atoms with Gasteiger partial charge in [0.1, 0.15) is 5.69 Å². The lowest BCUT2D eigenvalue weighted by Crippen LogP contribution is -2.49. The molecule has 1 aliphatic heterocycles. The molecule has 0 spiro atoms. The molecule has 1 fully saturated rings. The Morgan fingerprint density at radius 3 is 2.24 bits per heavy atom. The van der Waals surface area contributed by atoms with E-state index in [1.807, 2.05) is 65.3 Å². The quantitative estimate of drug-likeness (QED) is 0.670. The van der Waals surface area contributed by atoms with Gasteiger partial charge in [-0.2, -0.15) is 0 Å². The van der Waals surface area contributed by atoms with Crippen LogP contribution in [0.2, 0.25) is 0 Å². The van der Waals surface area contributed by atoms with Crippen LogP contribution in [-0.2, 0) is 0 Å². The number of amides is 1. The molecule has 2 aromatic carbocycles. The molecule has 29 heavy (non-hydrogen) atoms. The molecule has 1 aliphatic rings. The van der Waals surface area contributed by atoms with Crippen molar-refractivity contribution in [3.05, 3.63) is 78.6 Å². The first-order valence-electron chi connectivity index (χ1n) is 10.0. The molecule has 0 radical (unpaired) electrons. The summed E-state index contributed by atoms with van der Waals surface area (Å²) < 4.78 is 0. The maximum absolute atomic E-state index is 13.0. The number of aromatic nitrogens is 2. The topological polar surface area (TPSA) is 52.6 Å². The first-order valence-corrected chi connectivity index (χ1v) is 10.0. The zero-order chi connectivity index (χ0) is 20.1. The minimum atomic E-state index is -0.0366. The second-order valence-electron chi connectivity index (χ2n) is 6.94. The van der Waals surface area contributed by atoms with Gasteiger partial charge in [-0.25, -0.2) is 9.97 Å². The molecule has 0 atom stereocenters. The number of anilines is 3. The average molecular weight is 387 g/mol. The summed E-state index contributed by atoms with van der Waals surface area (Å²) in [6, 6.07) is 22.0. The van der Waals surface area contributed by atoms with Crippen LogP contribution in [-0.4, -0.2) is 53.5 Å². The highest BCUT2D eigenvalue weighted by molar-refractivity contribution is 5.92. The van der Waals surface area contributed by atoms with E-state index in [0.717, 1.165) is 25.3 Å². The molecule has 6 heteroatoms. The third kappa shape index (κ3) is 4.21. The van der Waals surface area contributed by atoms with E-state index < -0.39 is 0 Å². The predicted octanol–water partition coefficient (Wildman–Crippen LogP) is 3.60. The third-order valence-corrected chi connectivity index (χ3v) is 5.18. The van der Waals surface area contributed by atoms with Crippen LogP contribution in [0.15, 0.2) is 72.9 Å². The Kier molecular flexibility index (Phi) is 5.70. The number of hydrogen-bond donors (Lipinski definition) is 0. The Bertz CT molecular complexity index is 940. The van der Waals surface area contributed by atoms with Crippen LogP contribution >= 0.6 is 0 Å². The lowest BCUT2D eigenvalue weighted by atomic mass is 10.2. The predicted molar refractivity (Wildman–Crippen MR) is 116 cm³/mol. The maximum Gasteiger partial charge on any atom is 0.272 e. The smallest absolute Gasteiger partial charge is 0.272 e. The van der Waals surface area contributed by atoms with Gasteiger partial charge in [-0.1, -0.05) is 36.4 Å². The van der Waals surface area contributed by atoms with Gasteiger partial charge in [-0.15, -0.1) is 0 Å². The molecule has 1 saturated heterocycles. The molecule has 148 valence electrons. The highest BCUT2D eigenvalue weighted by atomic mass is 16.2. The zero-order valence-electron chi connectivity index (χ0n) is 16.6. The number of piperazine rings is 1. The molecule has 0 saturated carbocycles. The minimum Gasteiger partial charge on any atom is -0.368 e. The van der Waals surface area contributed by atoms with Crippen LogP contribution < -0.4 is 9.80 Å². The Morgan fingerprint density at radius 1 is 0.931 bits per heavy atom. The van der Waals surface area contributed by atoms with Crippen molar-refractivity contribution in [3.63, 3.8) is 0 Å². The lowest BCUT2D eigenvalue weighted by Gasteiger charge is -2.36. The summed E-state index contributed by atoms with van der Waals surface area (Å²) in [6.45, 7) is 5.77. The number of nitrogens with zero attached hydrogens (tertiary/aromatic N) is 5. The van der Waals surface area contributed by atoms with E-state index in [2.05, 4.69) is 27.0 Å². The standard InChI is InChI=1S/C23H25N5O/c1-2-28(20-11-7-4-8-12-20)23-24-14-13-21(25-23)22(29)27-17-15-26(16-18-27)19-9-5-3-6-10-19/h3-14H,2,15-18H2,1H3. The molecule has 1 amide bonds. The number of hydrogen-bond acceptors (Lipinski definition) is 5. The van der Waals surface area contributed by atoms with Gasteiger partial charge >= 0.3 is 0 Å². The average Bonchev–Trinajstić information content (AvgIpc) is 2.81. The first kappa shape index (κ1) is 18.9. The van der Waals surface area contributed by atoms with Crippen molar-refractivity contribution >= 4 is 23.2 Å². The molecule has 3 aromatic rings. The summed E-state index contributed by atoms with van der Waals surface area (Å²) >= 11 is 0. The molecule has 2 heterocycles. The normalized spacial score (nSPS) is 14.0. The second-order valence-corrected chi connectivity index (χ2v) is 6.94. The molecule has 0 N–H and O–H groups in total. The summed E-state index contributed by atoms with van der Waals surface area (Å²) in [4.78, 5) is 28.2. The van der Waals surface area contributed by atoms with E-state index in [0.29, 0.717) is 24.7 Å². The second kappa shape index (κ2) is 8.73. The SMILES string of the molecule is CCN(c1ccccc1)c1nccc(C(=O)N2CCN(c3ccccc3)CC2)n1. The monoisotopic (exact) mass is 387 g/mol. The molecule has 0 unspecified atom stereocenters. The van der Waals surface area contributed by atoms with Crippen molar-refractivity contribution in [2.75, 3.05) is 42.5 Å². The van der Waals surface area contributed by atoms with E-state index in [1.165, 1.54) is 5.69 Å². The van der Waals surface area contributed by atoms with E-state index in [9.17, 15) is 4.79 Å². The van der Waals surface area contributed by atoms with E-state index in [-0.39, 0.29) is 5.91 Å². The number of carbonyl (C=O) groups is 1. The van der Waals surface area contributed by atoms with Gasteiger partial charge in [0.15, 0.2) is 0 Å². The fourth-order valence-corrected chi connectivity index (χ4v) is 3.61. The molecule has 6 nitrogen and oxygen atoms in total. The van der Waals surface area contributed by atoms with E-state index in [4.69, 9.17) is 0 Å².